The molecular weight excluding hydrogens is 317 g/mol. The second-order valence-corrected chi connectivity index (χ2v) is 6.74. The first-order valence-electron chi connectivity index (χ1n) is 7.51. The van der Waals surface area contributed by atoms with Gasteiger partial charge in [-0.15, -0.1) is 11.3 Å². The summed E-state index contributed by atoms with van der Waals surface area (Å²) in [6.07, 6.45) is 1.04. The number of benzene rings is 1. The van der Waals surface area contributed by atoms with Gasteiger partial charge in [0.2, 0.25) is 0 Å². The highest BCUT2D eigenvalue weighted by Crippen LogP contribution is 2.27. The zero-order chi connectivity index (χ0) is 16.4. The van der Waals surface area contributed by atoms with Crippen molar-refractivity contribution in [1.82, 2.24) is 4.90 Å². The van der Waals surface area contributed by atoms with Crippen LogP contribution >= 0.6 is 11.3 Å². The Hall–Kier alpha value is -1.99. The summed E-state index contributed by atoms with van der Waals surface area (Å²) in [7, 11) is 0. The van der Waals surface area contributed by atoms with Gasteiger partial charge in [-0.2, -0.15) is 0 Å². The molecule has 1 atom stereocenters. The Morgan fingerprint density at radius 1 is 1.48 bits per heavy atom. The molecular formula is C16H18FN3O2S. The van der Waals surface area contributed by atoms with Crippen LogP contribution in [0.4, 0.5) is 15.8 Å². The van der Waals surface area contributed by atoms with Crippen LogP contribution in [0.5, 0.6) is 0 Å². The number of nitro benzene ring substituents is 1. The van der Waals surface area contributed by atoms with Gasteiger partial charge in [0.1, 0.15) is 11.5 Å². The van der Waals surface area contributed by atoms with E-state index in [2.05, 4.69) is 28.6 Å². The van der Waals surface area contributed by atoms with E-state index in [9.17, 15) is 14.5 Å². The van der Waals surface area contributed by atoms with Crippen LogP contribution in [0, 0.1) is 15.9 Å². The SMILES string of the molecule is CC(CNc1cc(F)ccc1[N+](=O)[O-])N1CCc2sccc2C1. The second kappa shape index (κ2) is 6.64. The highest BCUT2D eigenvalue weighted by atomic mass is 32.1. The van der Waals surface area contributed by atoms with E-state index in [-0.39, 0.29) is 17.4 Å². The summed E-state index contributed by atoms with van der Waals surface area (Å²) in [5, 5.41) is 16.2. The Labute approximate surface area is 137 Å². The van der Waals surface area contributed by atoms with Crippen LogP contribution in [0.3, 0.4) is 0 Å². The molecule has 23 heavy (non-hydrogen) atoms. The van der Waals surface area contributed by atoms with Gasteiger partial charge in [0.05, 0.1) is 4.92 Å². The Balaban J connectivity index is 1.65. The molecule has 0 radical (unpaired) electrons. The summed E-state index contributed by atoms with van der Waals surface area (Å²) in [4.78, 5) is 14.3. The number of nitro groups is 1. The van der Waals surface area contributed by atoms with Crippen molar-refractivity contribution in [2.24, 2.45) is 0 Å². The van der Waals surface area contributed by atoms with E-state index in [0.717, 1.165) is 25.6 Å². The molecule has 7 heteroatoms. The summed E-state index contributed by atoms with van der Waals surface area (Å²) in [5.41, 5.74) is 1.50. The third-order valence-electron chi connectivity index (χ3n) is 4.20. The lowest BCUT2D eigenvalue weighted by Gasteiger charge is -2.32. The Bertz CT molecular complexity index is 719. The molecule has 2 aromatic rings. The van der Waals surface area contributed by atoms with Crippen molar-refractivity contribution in [1.29, 1.82) is 0 Å². The molecule has 1 N–H and O–H groups in total. The van der Waals surface area contributed by atoms with Crippen LogP contribution < -0.4 is 5.32 Å². The quantitative estimate of drug-likeness (QED) is 0.669. The van der Waals surface area contributed by atoms with Crippen LogP contribution in [-0.2, 0) is 13.0 Å². The average Bonchev–Trinajstić information content (AvgIpc) is 2.99. The minimum atomic E-state index is -0.495. The number of nitrogens with one attached hydrogen (secondary N) is 1. The molecule has 1 aliphatic heterocycles. The maximum Gasteiger partial charge on any atom is 0.292 e. The van der Waals surface area contributed by atoms with Gasteiger partial charge in [-0.25, -0.2) is 4.39 Å². The molecule has 1 aromatic heterocycles. The fourth-order valence-electron chi connectivity index (χ4n) is 2.84. The molecule has 1 aliphatic rings. The zero-order valence-corrected chi connectivity index (χ0v) is 13.6. The molecule has 0 fully saturated rings. The number of anilines is 1. The molecule has 0 bridgehead atoms. The predicted octanol–water partition coefficient (Wildman–Crippen LogP) is 3.65. The largest absolute Gasteiger partial charge is 0.378 e. The molecule has 0 spiro atoms. The van der Waals surface area contributed by atoms with E-state index >= 15 is 0 Å². The topological polar surface area (TPSA) is 58.4 Å². The fraction of sp³-hybridized carbons (Fsp3) is 0.375. The summed E-state index contributed by atoms with van der Waals surface area (Å²) in [5.74, 6) is -0.480. The van der Waals surface area contributed by atoms with Gasteiger partial charge < -0.3 is 5.32 Å². The van der Waals surface area contributed by atoms with Crippen molar-refractivity contribution in [3.05, 3.63) is 56.0 Å². The van der Waals surface area contributed by atoms with Gasteiger partial charge in [-0.1, -0.05) is 0 Å². The van der Waals surface area contributed by atoms with Gasteiger partial charge in [0.15, 0.2) is 0 Å². The van der Waals surface area contributed by atoms with Crippen LogP contribution in [0.1, 0.15) is 17.4 Å². The monoisotopic (exact) mass is 335 g/mol. The van der Waals surface area contributed by atoms with E-state index in [4.69, 9.17) is 0 Å². The number of nitrogens with zero attached hydrogens (tertiary/aromatic N) is 2. The molecule has 3 rings (SSSR count). The first-order chi connectivity index (χ1) is 11.0. The van der Waals surface area contributed by atoms with Crippen LogP contribution in [0.25, 0.3) is 0 Å². The van der Waals surface area contributed by atoms with Crippen molar-refractivity contribution < 1.29 is 9.31 Å². The molecule has 1 aromatic carbocycles. The minimum absolute atomic E-state index is 0.0997. The minimum Gasteiger partial charge on any atom is -0.378 e. The highest BCUT2D eigenvalue weighted by Gasteiger charge is 2.22. The summed E-state index contributed by atoms with van der Waals surface area (Å²) in [6, 6.07) is 5.84. The number of halogens is 1. The van der Waals surface area contributed by atoms with E-state index in [1.54, 1.807) is 11.3 Å². The first kappa shape index (κ1) is 15.9. The van der Waals surface area contributed by atoms with Gasteiger partial charge in [-0.05, 0) is 36.4 Å². The maximum atomic E-state index is 13.3. The fourth-order valence-corrected chi connectivity index (χ4v) is 3.73. The molecule has 0 amide bonds. The average molecular weight is 335 g/mol. The van der Waals surface area contributed by atoms with Gasteiger partial charge in [0.25, 0.3) is 5.69 Å². The lowest BCUT2D eigenvalue weighted by molar-refractivity contribution is -0.384. The standard InChI is InChI=1S/C16H18FN3O2S/c1-11(19-6-4-16-12(10-19)5-7-23-16)9-18-14-8-13(17)2-3-15(14)20(21)22/h2-3,5,7-8,11,18H,4,6,9-10H2,1H3. The number of fused-ring (bicyclic) bond motifs is 1. The molecule has 0 saturated heterocycles. The Kier molecular flexibility index (Phi) is 4.58. The maximum absolute atomic E-state index is 13.3. The van der Waals surface area contributed by atoms with Crippen molar-refractivity contribution in [3.63, 3.8) is 0 Å². The number of rotatable bonds is 5. The molecule has 0 saturated carbocycles. The normalized spacial score (nSPS) is 15.9. The molecule has 2 heterocycles. The van der Waals surface area contributed by atoms with Gasteiger partial charge >= 0.3 is 0 Å². The summed E-state index contributed by atoms with van der Waals surface area (Å²) in [6.45, 7) is 4.48. The van der Waals surface area contributed by atoms with Crippen molar-refractivity contribution in [3.8, 4) is 0 Å². The number of hydrogen-bond donors (Lipinski definition) is 1. The lowest BCUT2D eigenvalue weighted by atomic mass is 10.1. The lowest BCUT2D eigenvalue weighted by Crippen LogP contribution is -2.40. The number of hydrogen-bond acceptors (Lipinski definition) is 5. The zero-order valence-electron chi connectivity index (χ0n) is 12.8. The third-order valence-corrected chi connectivity index (χ3v) is 5.23. The van der Waals surface area contributed by atoms with Crippen LogP contribution in [0.15, 0.2) is 29.6 Å². The van der Waals surface area contributed by atoms with Gasteiger partial charge in [-0.3, -0.25) is 15.0 Å². The Morgan fingerprint density at radius 2 is 2.30 bits per heavy atom. The van der Waals surface area contributed by atoms with Crippen LogP contribution in [-0.4, -0.2) is 29.0 Å². The smallest absolute Gasteiger partial charge is 0.292 e. The predicted molar refractivity (Wildman–Crippen MR) is 89.4 cm³/mol. The molecule has 0 aliphatic carbocycles. The highest BCUT2D eigenvalue weighted by molar-refractivity contribution is 7.10. The molecule has 1 unspecified atom stereocenters. The molecule has 5 nitrogen and oxygen atoms in total. The Morgan fingerprint density at radius 3 is 3.09 bits per heavy atom. The van der Waals surface area contributed by atoms with Gasteiger partial charge in [0, 0.05) is 42.7 Å². The number of thiophene rings is 1. The second-order valence-electron chi connectivity index (χ2n) is 5.74. The molecule has 122 valence electrons. The van der Waals surface area contributed by atoms with Crippen molar-refractivity contribution >= 4 is 22.7 Å². The van der Waals surface area contributed by atoms with E-state index in [0.29, 0.717) is 6.54 Å². The van der Waals surface area contributed by atoms with E-state index in [1.165, 1.54) is 22.6 Å². The summed E-state index contributed by atoms with van der Waals surface area (Å²) < 4.78 is 13.3. The van der Waals surface area contributed by atoms with Crippen molar-refractivity contribution in [2.45, 2.75) is 25.9 Å². The van der Waals surface area contributed by atoms with Crippen molar-refractivity contribution in [2.75, 3.05) is 18.4 Å². The third kappa shape index (κ3) is 3.51. The summed E-state index contributed by atoms with van der Waals surface area (Å²) >= 11 is 1.80. The van der Waals surface area contributed by atoms with E-state index < -0.39 is 10.7 Å². The first-order valence-corrected chi connectivity index (χ1v) is 8.39. The van der Waals surface area contributed by atoms with Crippen LogP contribution in [0.2, 0.25) is 0 Å². The van der Waals surface area contributed by atoms with E-state index in [1.807, 2.05) is 0 Å².